The number of hydrogen-bond donors (Lipinski definition) is 1. The van der Waals surface area contributed by atoms with E-state index in [9.17, 15) is 0 Å². The highest BCUT2D eigenvalue weighted by atomic mass is 15.4. The van der Waals surface area contributed by atoms with Crippen LogP contribution in [0.1, 0.15) is 5.56 Å². The summed E-state index contributed by atoms with van der Waals surface area (Å²) in [6.07, 6.45) is 3.83. The Morgan fingerprint density at radius 2 is 2.07 bits per heavy atom. The molecule has 0 spiro atoms. The Morgan fingerprint density at radius 1 is 1.29 bits per heavy atom. The summed E-state index contributed by atoms with van der Waals surface area (Å²) in [5, 5.41) is 7.19. The molecule has 0 aliphatic carbocycles. The zero-order valence-electron chi connectivity index (χ0n) is 8.36. The summed E-state index contributed by atoms with van der Waals surface area (Å²) in [5.41, 5.74) is 2.27. The number of aromatic nitrogens is 1. The fraction of sp³-hybridized carbons (Fsp3) is 0.182. The standard InChI is InChI=1S/C11H13N3/c1-14(2)13-8-9-7-12-11-6-4-3-5-10(9)11/h3-8,12H,1-2H3/b13-8-. The van der Waals surface area contributed by atoms with Gasteiger partial charge >= 0.3 is 0 Å². The molecule has 1 heterocycles. The molecule has 2 aromatic rings. The quantitative estimate of drug-likeness (QED) is 0.566. The van der Waals surface area contributed by atoms with Gasteiger partial charge in [-0.3, -0.25) is 0 Å². The molecule has 0 saturated carbocycles. The molecular formula is C11H13N3. The summed E-state index contributed by atoms with van der Waals surface area (Å²) < 4.78 is 0. The zero-order valence-corrected chi connectivity index (χ0v) is 8.36. The maximum Gasteiger partial charge on any atom is 0.0564 e. The van der Waals surface area contributed by atoms with Crippen LogP contribution >= 0.6 is 0 Å². The molecule has 1 N–H and O–H groups in total. The molecule has 2 rings (SSSR count). The fourth-order valence-corrected chi connectivity index (χ4v) is 1.38. The minimum atomic E-state index is 1.12. The van der Waals surface area contributed by atoms with Crippen LogP contribution in [0.4, 0.5) is 0 Å². The monoisotopic (exact) mass is 187 g/mol. The Hall–Kier alpha value is -1.77. The second kappa shape index (κ2) is 3.54. The molecule has 14 heavy (non-hydrogen) atoms. The number of hydrazone groups is 1. The van der Waals surface area contributed by atoms with E-state index in [0.717, 1.165) is 11.1 Å². The average Bonchev–Trinajstić information content (AvgIpc) is 2.58. The maximum absolute atomic E-state index is 4.21. The topological polar surface area (TPSA) is 31.4 Å². The first-order valence-corrected chi connectivity index (χ1v) is 4.55. The Balaban J connectivity index is 2.43. The number of H-pyrrole nitrogens is 1. The van der Waals surface area contributed by atoms with Gasteiger partial charge in [0, 0.05) is 36.8 Å². The third-order valence-corrected chi connectivity index (χ3v) is 2.05. The molecule has 0 radical (unpaired) electrons. The normalized spacial score (nSPS) is 11.3. The number of aromatic amines is 1. The van der Waals surface area contributed by atoms with E-state index in [0.29, 0.717) is 0 Å². The van der Waals surface area contributed by atoms with Crippen LogP contribution in [0.3, 0.4) is 0 Å². The molecule has 0 unspecified atom stereocenters. The van der Waals surface area contributed by atoms with Crippen molar-refractivity contribution in [3.05, 3.63) is 36.0 Å². The summed E-state index contributed by atoms with van der Waals surface area (Å²) in [6.45, 7) is 0. The molecule has 0 amide bonds. The maximum atomic E-state index is 4.21. The van der Waals surface area contributed by atoms with E-state index in [-0.39, 0.29) is 0 Å². The predicted octanol–water partition coefficient (Wildman–Crippen LogP) is 2.06. The van der Waals surface area contributed by atoms with Crippen LogP contribution in [0.15, 0.2) is 35.6 Å². The van der Waals surface area contributed by atoms with E-state index >= 15 is 0 Å². The van der Waals surface area contributed by atoms with E-state index in [1.807, 2.05) is 38.6 Å². The van der Waals surface area contributed by atoms with Crippen molar-refractivity contribution >= 4 is 17.1 Å². The van der Waals surface area contributed by atoms with Crippen molar-refractivity contribution in [2.24, 2.45) is 5.10 Å². The Bertz CT molecular complexity index is 454. The lowest BCUT2D eigenvalue weighted by Gasteiger charge is -2.01. The molecule has 0 aliphatic rings. The number of rotatable bonds is 2. The van der Waals surface area contributed by atoms with E-state index < -0.39 is 0 Å². The number of hydrogen-bond acceptors (Lipinski definition) is 2. The second-order valence-corrected chi connectivity index (χ2v) is 3.38. The van der Waals surface area contributed by atoms with Crippen molar-refractivity contribution in [3.63, 3.8) is 0 Å². The average molecular weight is 187 g/mol. The third kappa shape index (κ3) is 1.62. The van der Waals surface area contributed by atoms with Crippen LogP contribution in [0.25, 0.3) is 10.9 Å². The first-order valence-electron chi connectivity index (χ1n) is 4.55. The van der Waals surface area contributed by atoms with Gasteiger partial charge in [-0.25, -0.2) is 0 Å². The number of fused-ring (bicyclic) bond motifs is 1. The summed E-state index contributed by atoms with van der Waals surface area (Å²) in [7, 11) is 3.82. The molecule has 0 fully saturated rings. The van der Waals surface area contributed by atoms with Gasteiger partial charge in [0.2, 0.25) is 0 Å². The lowest BCUT2D eigenvalue weighted by atomic mass is 10.2. The minimum Gasteiger partial charge on any atom is -0.361 e. The van der Waals surface area contributed by atoms with Crippen molar-refractivity contribution in [2.45, 2.75) is 0 Å². The van der Waals surface area contributed by atoms with Crippen molar-refractivity contribution in [2.75, 3.05) is 14.1 Å². The molecule has 0 aliphatic heterocycles. The smallest absolute Gasteiger partial charge is 0.0564 e. The molecule has 3 nitrogen and oxygen atoms in total. The zero-order chi connectivity index (χ0) is 9.97. The molecule has 1 aromatic carbocycles. The van der Waals surface area contributed by atoms with Gasteiger partial charge in [0.15, 0.2) is 0 Å². The van der Waals surface area contributed by atoms with Crippen molar-refractivity contribution in [1.29, 1.82) is 0 Å². The fourth-order valence-electron chi connectivity index (χ4n) is 1.38. The lowest BCUT2D eigenvalue weighted by Crippen LogP contribution is -2.01. The van der Waals surface area contributed by atoms with E-state index in [4.69, 9.17) is 0 Å². The van der Waals surface area contributed by atoms with Crippen molar-refractivity contribution in [3.8, 4) is 0 Å². The third-order valence-electron chi connectivity index (χ3n) is 2.05. The van der Waals surface area contributed by atoms with E-state index in [1.165, 1.54) is 5.39 Å². The first-order chi connectivity index (χ1) is 6.77. The van der Waals surface area contributed by atoms with Crippen molar-refractivity contribution in [1.82, 2.24) is 9.99 Å². The minimum absolute atomic E-state index is 1.12. The lowest BCUT2D eigenvalue weighted by molar-refractivity contribution is 0.440. The SMILES string of the molecule is CN(C)/N=C\c1c[nH]c2ccccc12. The first kappa shape index (κ1) is 8.81. The summed E-state index contributed by atoms with van der Waals surface area (Å²) >= 11 is 0. The number of benzene rings is 1. The molecule has 3 heteroatoms. The summed E-state index contributed by atoms with van der Waals surface area (Å²) in [6, 6.07) is 8.19. The molecule has 1 aromatic heterocycles. The van der Waals surface area contributed by atoms with E-state index in [1.54, 1.807) is 5.01 Å². The largest absolute Gasteiger partial charge is 0.361 e. The van der Waals surface area contributed by atoms with Crippen LogP contribution < -0.4 is 0 Å². The van der Waals surface area contributed by atoms with Gasteiger partial charge < -0.3 is 9.99 Å². The van der Waals surface area contributed by atoms with Gasteiger partial charge in [-0.15, -0.1) is 0 Å². The Morgan fingerprint density at radius 3 is 2.86 bits per heavy atom. The number of para-hydroxylation sites is 1. The molecule has 0 saturated heterocycles. The van der Waals surface area contributed by atoms with Gasteiger partial charge in [-0.2, -0.15) is 5.10 Å². The second-order valence-electron chi connectivity index (χ2n) is 3.38. The predicted molar refractivity (Wildman–Crippen MR) is 59.6 cm³/mol. The van der Waals surface area contributed by atoms with Gasteiger partial charge in [0.05, 0.1) is 6.21 Å². The number of nitrogens with one attached hydrogen (secondary N) is 1. The Labute approximate surface area is 83.0 Å². The van der Waals surface area contributed by atoms with Crippen LogP contribution in [-0.4, -0.2) is 30.3 Å². The summed E-state index contributed by atoms with van der Waals surface area (Å²) in [5.74, 6) is 0. The Kier molecular flexibility index (Phi) is 2.23. The molecule has 72 valence electrons. The molecule has 0 bridgehead atoms. The van der Waals surface area contributed by atoms with Crippen LogP contribution in [-0.2, 0) is 0 Å². The van der Waals surface area contributed by atoms with Gasteiger partial charge in [-0.05, 0) is 6.07 Å². The van der Waals surface area contributed by atoms with Crippen LogP contribution in [0.2, 0.25) is 0 Å². The molecular weight excluding hydrogens is 174 g/mol. The number of nitrogens with zero attached hydrogens (tertiary/aromatic N) is 2. The van der Waals surface area contributed by atoms with Gasteiger partial charge in [0.1, 0.15) is 0 Å². The van der Waals surface area contributed by atoms with Crippen LogP contribution in [0.5, 0.6) is 0 Å². The molecule has 0 atom stereocenters. The van der Waals surface area contributed by atoms with Crippen molar-refractivity contribution < 1.29 is 0 Å². The highest BCUT2D eigenvalue weighted by Gasteiger charge is 1.98. The van der Waals surface area contributed by atoms with Crippen LogP contribution in [0, 0.1) is 0 Å². The van der Waals surface area contributed by atoms with Gasteiger partial charge in [0.25, 0.3) is 0 Å². The van der Waals surface area contributed by atoms with Gasteiger partial charge in [-0.1, -0.05) is 18.2 Å². The highest BCUT2D eigenvalue weighted by Crippen LogP contribution is 2.15. The van der Waals surface area contributed by atoms with E-state index in [2.05, 4.69) is 22.2 Å². The summed E-state index contributed by atoms with van der Waals surface area (Å²) in [4.78, 5) is 3.20. The highest BCUT2D eigenvalue weighted by molar-refractivity contribution is 5.98.